The highest BCUT2D eigenvalue weighted by molar-refractivity contribution is 5.24. The molecule has 1 saturated carbocycles. The molecule has 0 bridgehead atoms. The highest BCUT2D eigenvalue weighted by Crippen LogP contribution is 2.34. The van der Waals surface area contributed by atoms with E-state index in [1.165, 1.54) is 24.0 Å². The van der Waals surface area contributed by atoms with Crippen molar-refractivity contribution in [1.82, 2.24) is 5.32 Å². The minimum absolute atomic E-state index is 0.450. The Morgan fingerprint density at radius 2 is 1.94 bits per heavy atom. The van der Waals surface area contributed by atoms with Gasteiger partial charge in [0, 0.05) is 19.2 Å². The highest BCUT2D eigenvalue weighted by Gasteiger charge is 2.32. The van der Waals surface area contributed by atoms with Gasteiger partial charge in [-0.05, 0) is 37.7 Å². The molecule has 100 valence electrons. The first-order chi connectivity index (χ1) is 8.74. The van der Waals surface area contributed by atoms with Gasteiger partial charge < -0.3 is 10.1 Å². The second-order valence-corrected chi connectivity index (χ2v) is 5.44. The number of hydrogen-bond donors (Lipinski definition) is 1. The molecule has 2 rings (SSSR count). The lowest BCUT2D eigenvalue weighted by Crippen LogP contribution is -2.37. The standard InChI is InChI=1S/C16H25NO/c1-4-15(13-7-5-12(2)6-8-13)17-16(11-18-3)14-9-10-14/h5-8,14-17H,4,9-11H2,1-3H3. The molecule has 0 aromatic heterocycles. The van der Waals surface area contributed by atoms with E-state index in [1.54, 1.807) is 7.11 Å². The Morgan fingerprint density at radius 3 is 2.44 bits per heavy atom. The topological polar surface area (TPSA) is 21.3 Å². The molecular formula is C16H25NO. The first-order valence-electron chi connectivity index (χ1n) is 7.06. The lowest BCUT2D eigenvalue weighted by molar-refractivity contribution is 0.150. The molecule has 0 radical (unpaired) electrons. The van der Waals surface area contributed by atoms with Gasteiger partial charge >= 0.3 is 0 Å². The second-order valence-electron chi connectivity index (χ2n) is 5.44. The molecule has 1 fully saturated rings. The second kappa shape index (κ2) is 6.35. The van der Waals surface area contributed by atoms with Crippen molar-refractivity contribution in [2.24, 2.45) is 5.92 Å². The van der Waals surface area contributed by atoms with Crippen LogP contribution in [0.15, 0.2) is 24.3 Å². The van der Waals surface area contributed by atoms with E-state index < -0.39 is 0 Å². The van der Waals surface area contributed by atoms with E-state index >= 15 is 0 Å². The van der Waals surface area contributed by atoms with Crippen LogP contribution in [0.2, 0.25) is 0 Å². The molecule has 0 spiro atoms. The summed E-state index contributed by atoms with van der Waals surface area (Å²) in [7, 11) is 1.80. The Labute approximate surface area is 111 Å². The van der Waals surface area contributed by atoms with Crippen LogP contribution < -0.4 is 5.32 Å². The summed E-state index contributed by atoms with van der Waals surface area (Å²) in [6.45, 7) is 5.21. The summed E-state index contributed by atoms with van der Waals surface area (Å²) in [5.41, 5.74) is 2.72. The lowest BCUT2D eigenvalue weighted by Gasteiger charge is -2.25. The normalized spacial score (nSPS) is 18.6. The van der Waals surface area contributed by atoms with Crippen LogP contribution in [0.4, 0.5) is 0 Å². The van der Waals surface area contributed by atoms with Crippen molar-refractivity contribution in [3.63, 3.8) is 0 Å². The molecule has 18 heavy (non-hydrogen) atoms. The zero-order valence-corrected chi connectivity index (χ0v) is 11.8. The third-order valence-electron chi connectivity index (χ3n) is 3.84. The number of benzene rings is 1. The monoisotopic (exact) mass is 247 g/mol. The molecular weight excluding hydrogens is 222 g/mol. The summed E-state index contributed by atoms with van der Waals surface area (Å²) < 4.78 is 5.34. The predicted molar refractivity (Wildman–Crippen MR) is 75.7 cm³/mol. The summed E-state index contributed by atoms with van der Waals surface area (Å²) in [5, 5.41) is 3.78. The van der Waals surface area contributed by atoms with Crippen LogP contribution in [0.5, 0.6) is 0 Å². The van der Waals surface area contributed by atoms with Gasteiger partial charge in [0.2, 0.25) is 0 Å². The van der Waals surface area contributed by atoms with Gasteiger partial charge in [-0.25, -0.2) is 0 Å². The fourth-order valence-electron chi connectivity index (χ4n) is 2.51. The van der Waals surface area contributed by atoms with E-state index in [0.29, 0.717) is 12.1 Å². The van der Waals surface area contributed by atoms with Crippen molar-refractivity contribution < 1.29 is 4.74 Å². The SMILES string of the molecule is CCC(NC(COC)C1CC1)c1ccc(C)cc1. The Kier molecular flexibility index (Phi) is 4.79. The van der Waals surface area contributed by atoms with Gasteiger partial charge in [-0.3, -0.25) is 0 Å². The Hall–Kier alpha value is -0.860. The van der Waals surface area contributed by atoms with Crippen LogP contribution in [0.3, 0.4) is 0 Å². The molecule has 2 unspecified atom stereocenters. The van der Waals surface area contributed by atoms with E-state index in [-0.39, 0.29) is 0 Å². The Morgan fingerprint density at radius 1 is 1.28 bits per heavy atom. The van der Waals surface area contributed by atoms with E-state index in [9.17, 15) is 0 Å². The van der Waals surface area contributed by atoms with E-state index in [4.69, 9.17) is 4.74 Å². The molecule has 0 heterocycles. The minimum Gasteiger partial charge on any atom is -0.383 e. The number of nitrogens with one attached hydrogen (secondary N) is 1. The number of methoxy groups -OCH3 is 1. The quantitative estimate of drug-likeness (QED) is 0.796. The number of rotatable bonds is 7. The van der Waals surface area contributed by atoms with Crippen LogP contribution in [0, 0.1) is 12.8 Å². The molecule has 1 aliphatic rings. The van der Waals surface area contributed by atoms with Crippen molar-refractivity contribution in [3.8, 4) is 0 Å². The first kappa shape index (κ1) is 13.6. The molecule has 0 amide bonds. The van der Waals surface area contributed by atoms with Gasteiger partial charge in [-0.15, -0.1) is 0 Å². The van der Waals surface area contributed by atoms with Crippen molar-refractivity contribution in [3.05, 3.63) is 35.4 Å². The Bertz CT molecular complexity index is 356. The van der Waals surface area contributed by atoms with Crippen LogP contribution in [0.1, 0.15) is 43.4 Å². The molecule has 1 aromatic carbocycles. The van der Waals surface area contributed by atoms with Crippen molar-refractivity contribution in [1.29, 1.82) is 0 Å². The fraction of sp³-hybridized carbons (Fsp3) is 0.625. The summed E-state index contributed by atoms with van der Waals surface area (Å²) >= 11 is 0. The maximum absolute atomic E-state index is 5.34. The van der Waals surface area contributed by atoms with Gasteiger partial charge in [-0.2, -0.15) is 0 Å². The fourth-order valence-corrected chi connectivity index (χ4v) is 2.51. The van der Waals surface area contributed by atoms with Gasteiger partial charge in [0.05, 0.1) is 6.61 Å². The van der Waals surface area contributed by atoms with Crippen molar-refractivity contribution in [2.45, 2.75) is 45.2 Å². The molecule has 0 aliphatic heterocycles. The number of aryl methyl sites for hydroxylation is 1. The predicted octanol–water partition coefficient (Wildman–Crippen LogP) is 3.46. The molecule has 2 atom stereocenters. The zero-order valence-electron chi connectivity index (χ0n) is 11.8. The highest BCUT2D eigenvalue weighted by atomic mass is 16.5. The van der Waals surface area contributed by atoms with Gasteiger partial charge in [0.15, 0.2) is 0 Å². The molecule has 1 aliphatic carbocycles. The summed E-state index contributed by atoms with van der Waals surface area (Å²) in [6, 6.07) is 9.85. The van der Waals surface area contributed by atoms with E-state index in [2.05, 4.69) is 43.4 Å². The van der Waals surface area contributed by atoms with Crippen molar-refractivity contribution in [2.75, 3.05) is 13.7 Å². The lowest BCUT2D eigenvalue weighted by atomic mass is 10.0. The van der Waals surface area contributed by atoms with Gasteiger partial charge in [0.25, 0.3) is 0 Å². The average Bonchev–Trinajstić information content (AvgIpc) is 3.20. The third-order valence-corrected chi connectivity index (χ3v) is 3.84. The Balaban J connectivity index is 2.00. The van der Waals surface area contributed by atoms with Crippen LogP contribution in [-0.2, 0) is 4.74 Å². The first-order valence-corrected chi connectivity index (χ1v) is 7.06. The smallest absolute Gasteiger partial charge is 0.0618 e. The molecule has 1 N–H and O–H groups in total. The minimum atomic E-state index is 0.450. The van der Waals surface area contributed by atoms with Crippen molar-refractivity contribution >= 4 is 0 Å². The largest absolute Gasteiger partial charge is 0.383 e. The van der Waals surface area contributed by atoms with Gasteiger partial charge in [0.1, 0.15) is 0 Å². The summed E-state index contributed by atoms with van der Waals surface area (Å²) in [5.74, 6) is 0.824. The van der Waals surface area contributed by atoms with E-state index in [0.717, 1.165) is 18.9 Å². The summed E-state index contributed by atoms with van der Waals surface area (Å²) in [6.07, 6.45) is 3.83. The maximum Gasteiger partial charge on any atom is 0.0618 e. The third kappa shape index (κ3) is 3.56. The molecule has 2 nitrogen and oxygen atoms in total. The molecule has 1 aromatic rings. The van der Waals surface area contributed by atoms with E-state index in [1.807, 2.05) is 0 Å². The van der Waals surface area contributed by atoms with Crippen LogP contribution in [0.25, 0.3) is 0 Å². The number of hydrogen-bond acceptors (Lipinski definition) is 2. The van der Waals surface area contributed by atoms with Crippen LogP contribution >= 0.6 is 0 Å². The molecule has 2 heteroatoms. The van der Waals surface area contributed by atoms with Gasteiger partial charge in [-0.1, -0.05) is 36.8 Å². The van der Waals surface area contributed by atoms with Crippen LogP contribution in [-0.4, -0.2) is 19.8 Å². The zero-order chi connectivity index (χ0) is 13.0. The average molecular weight is 247 g/mol. The maximum atomic E-state index is 5.34. The number of ether oxygens (including phenoxy) is 1. The molecule has 0 saturated heterocycles. The summed E-state index contributed by atoms with van der Waals surface area (Å²) in [4.78, 5) is 0.